The number of H-pyrrole nitrogens is 1. The molecule has 30 heavy (non-hydrogen) atoms. The van der Waals surface area contributed by atoms with Gasteiger partial charge >= 0.3 is 0 Å². The van der Waals surface area contributed by atoms with E-state index in [0.29, 0.717) is 0 Å². The third kappa shape index (κ3) is 4.35. The van der Waals surface area contributed by atoms with Crippen molar-refractivity contribution in [1.29, 1.82) is 0 Å². The number of nitrogens with zero attached hydrogens (tertiary/aromatic N) is 2. The fourth-order valence-corrected chi connectivity index (χ4v) is 4.90. The average Bonchev–Trinajstić information content (AvgIpc) is 3.19. The van der Waals surface area contributed by atoms with Crippen LogP contribution in [0.5, 0.6) is 0 Å². The molecule has 1 aliphatic heterocycles. The zero-order valence-electron chi connectivity index (χ0n) is 18.4. The number of aromatic amines is 1. The van der Waals surface area contributed by atoms with Crippen molar-refractivity contribution in [2.24, 2.45) is 5.41 Å². The van der Waals surface area contributed by atoms with E-state index in [4.69, 9.17) is 0 Å². The molecule has 1 aliphatic rings. The lowest BCUT2D eigenvalue weighted by Gasteiger charge is -2.42. The number of aliphatic hydroxyl groups excluding tert-OH is 1. The molecule has 2 heterocycles. The predicted octanol–water partition coefficient (Wildman–Crippen LogP) is 4.82. The van der Waals surface area contributed by atoms with E-state index in [1.54, 1.807) is 0 Å². The standard InChI is InChI=1S/C26H33N3O/c1-19-9-10-21(3)24(13-19)25-23(15-27-28-25)16-29-12-6-11-26(17-29,18-30)14-22-8-5-4-7-20(22)2/h4-5,7-10,13,15,30H,6,11-12,14,16-18H2,1-3H3,(H,27,28)/t26-/m0/s1. The summed E-state index contributed by atoms with van der Waals surface area (Å²) < 4.78 is 0. The van der Waals surface area contributed by atoms with Crippen molar-refractivity contribution in [3.63, 3.8) is 0 Å². The molecule has 3 aromatic rings. The highest BCUT2D eigenvalue weighted by atomic mass is 16.3. The molecule has 1 saturated heterocycles. The van der Waals surface area contributed by atoms with Crippen molar-refractivity contribution < 1.29 is 5.11 Å². The molecule has 0 amide bonds. The molecule has 4 heteroatoms. The van der Waals surface area contributed by atoms with Gasteiger partial charge in [0.05, 0.1) is 18.5 Å². The number of aryl methyl sites for hydroxylation is 3. The molecule has 2 N–H and O–H groups in total. The Balaban J connectivity index is 1.54. The maximum absolute atomic E-state index is 10.4. The van der Waals surface area contributed by atoms with Gasteiger partial charge in [0.1, 0.15) is 0 Å². The van der Waals surface area contributed by atoms with E-state index in [2.05, 4.69) is 78.3 Å². The van der Waals surface area contributed by atoms with Crippen LogP contribution in [-0.2, 0) is 13.0 Å². The minimum Gasteiger partial charge on any atom is -0.396 e. The number of rotatable bonds is 6. The molecule has 0 radical (unpaired) electrons. The normalized spacial score (nSPS) is 19.9. The summed E-state index contributed by atoms with van der Waals surface area (Å²) in [5.41, 5.74) is 8.69. The van der Waals surface area contributed by atoms with Crippen LogP contribution < -0.4 is 0 Å². The van der Waals surface area contributed by atoms with Crippen LogP contribution in [0.25, 0.3) is 11.3 Å². The predicted molar refractivity (Wildman–Crippen MR) is 122 cm³/mol. The molecular formula is C26H33N3O. The second-order valence-electron chi connectivity index (χ2n) is 9.16. The van der Waals surface area contributed by atoms with Gasteiger partial charge in [0.25, 0.3) is 0 Å². The van der Waals surface area contributed by atoms with E-state index >= 15 is 0 Å². The van der Waals surface area contributed by atoms with Crippen molar-refractivity contribution in [3.05, 3.63) is 76.5 Å². The SMILES string of the molecule is Cc1ccc(C)c(-c2[nH]ncc2CN2CCC[C@](CO)(Cc3ccccc3C)C2)c1. The molecule has 0 unspecified atom stereocenters. The molecule has 0 bridgehead atoms. The van der Waals surface area contributed by atoms with Gasteiger partial charge in [-0.1, -0.05) is 42.0 Å². The zero-order valence-corrected chi connectivity index (χ0v) is 18.4. The lowest BCUT2D eigenvalue weighted by molar-refractivity contribution is 0.0288. The molecule has 1 aromatic heterocycles. The first-order valence-electron chi connectivity index (χ1n) is 11.0. The van der Waals surface area contributed by atoms with Crippen molar-refractivity contribution in [3.8, 4) is 11.3 Å². The number of likely N-dealkylation sites (tertiary alicyclic amines) is 1. The second-order valence-corrected chi connectivity index (χ2v) is 9.16. The van der Waals surface area contributed by atoms with Crippen LogP contribution in [0.3, 0.4) is 0 Å². The molecule has 0 aliphatic carbocycles. The number of piperidine rings is 1. The van der Waals surface area contributed by atoms with Crippen LogP contribution in [0, 0.1) is 26.2 Å². The molecule has 1 fully saturated rings. The van der Waals surface area contributed by atoms with Crippen LogP contribution in [-0.4, -0.2) is 39.9 Å². The van der Waals surface area contributed by atoms with E-state index < -0.39 is 0 Å². The highest BCUT2D eigenvalue weighted by Crippen LogP contribution is 2.35. The summed E-state index contributed by atoms with van der Waals surface area (Å²) in [6, 6.07) is 15.1. The van der Waals surface area contributed by atoms with E-state index in [9.17, 15) is 5.11 Å². The number of hydrogen-bond acceptors (Lipinski definition) is 3. The summed E-state index contributed by atoms with van der Waals surface area (Å²) in [5.74, 6) is 0. The Morgan fingerprint density at radius 3 is 2.70 bits per heavy atom. The fourth-order valence-electron chi connectivity index (χ4n) is 4.90. The summed E-state index contributed by atoms with van der Waals surface area (Å²) in [4.78, 5) is 2.50. The van der Waals surface area contributed by atoms with Crippen molar-refractivity contribution >= 4 is 0 Å². The molecule has 0 spiro atoms. The Morgan fingerprint density at radius 1 is 1.07 bits per heavy atom. The Labute approximate surface area is 180 Å². The van der Waals surface area contributed by atoms with Crippen LogP contribution in [0.15, 0.2) is 48.7 Å². The average molecular weight is 404 g/mol. The Kier molecular flexibility index (Phi) is 6.07. The van der Waals surface area contributed by atoms with E-state index in [0.717, 1.165) is 44.6 Å². The van der Waals surface area contributed by atoms with Crippen molar-refractivity contribution in [2.45, 2.75) is 46.6 Å². The topological polar surface area (TPSA) is 52.2 Å². The summed E-state index contributed by atoms with van der Waals surface area (Å²) in [5, 5.41) is 18.0. The first-order chi connectivity index (χ1) is 14.5. The molecular weight excluding hydrogens is 370 g/mol. The van der Waals surface area contributed by atoms with E-state index in [1.807, 2.05) is 6.20 Å². The summed E-state index contributed by atoms with van der Waals surface area (Å²) in [6.45, 7) is 9.51. The number of benzene rings is 2. The molecule has 1 atom stereocenters. The maximum atomic E-state index is 10.4. The highest BCUT2D eigenvalue weighted by Gasteiger charge is 2.35. The first-order valence-corrected chi connectivity index (χ1v) is 11.0. The minimum atomic E-state index is -0.0759. The van der Waals surface area contributed by atoms with Gasteiger partial charge in [-0.15, -0.1) is 0 Å². The van der Waals surface area contributed by atoms with Gasteiger partial charge < -0.3 is 5.11 Å². The number of hydrogen-bond donors (Lipinski definition) is 2. The van der Waals surface area contributed by atoms with Gasteiger partial charge in [0, 0.05) is 29.6 Å². The lowest BCUT2D eigenvalue weighted by Crippen LogP contribution is -2.46. The van der Waals surface area contributed by atoms with E-state index in [1.165, 1.54) is 33.4 Å². The number of aliphatic hydroxyl groups is 1. The Hall–Kier alpha value is -2.43. The second kappa shape index (κ2) is 8.75. The largest absolute Gasteiger partial charge is 0.396 e. The first kappa shape index (κ1) is 20.8. The third-order valence-corrected chi connectivity index (χ3v) is 6.68. The molecule has 4 nitrogen and oxygen atoms in total. The van der Waals surface area contributed by atoms with Crippen LogP contribution in [0.4, 0.5) is 0 Å². The fraction of sp³-hybridized carbons (Fsp3) is 0.423. The van der Waals surface area contributed by atoms with Gasteiger partial charge in [-0.3, -0.25) is 10.00 Å². The quantitative estimate of drug-likeness (QED) is 0.620. The Bertz CT molecular complexity index is 1010. The van der Waals surface area contributed by atoms with Crippen LogP contribution in [0.1, 0.15) is 40.7 Å². The van der Waals surface area contributed by atoms with Gasteiger partial charge in [-0.05, 0) is 69.3 Å². The Morgan fingerprint density at radius 2 is 1.90 bits per heavy atom. The molecule has 2 aromatic carbocycles. The molecule has 0 saturated carbocycles. The molecule has 4 rings (SSSR count). The number of aromatic nitrogens is 2. The maximum Gasteiger partial charge on any atom is 0.0698 e. The van der Waals surface area contributed by atoms with E-state index in [-0.39, 0.29) is 12.0 Å². The zero-order chi connectivity index (χ0) is 21.1. The van der Waals surface area contributed by atoms with Gasteiger partial charge in [0.15, 0.2) is 0 Å². The number of nitrogens with one attached hydrogen (secondary N) is 1. The van der Waals surface area contributed by atoms with Crippen LogP contribution in [0.2, 0.25) is 0 Å². The van der Waals surface area contributed by atoms with Gasteiger partial charge in [-0.25, -0.2) is 0 Å². The smallest absolute Gasteiger partial charge is 0.0698 e. The summed E-state index contributed by atoms with van der Waals surface area (Å²) in [7, 11) is 0. The monoisotopic (exact) mass is 403 g/mol. The summed E-state index contributed by atoms with van der Waals surface area (Å²) in [6.07, 6.45) is 5.09. The lowest BCUT2D eigenvalue weighted by atomic mass is 9.75. The van der Waals surface area contributed by atoms with Crippen molar-refractivity contribution in [1.82, 2.24) is 15.1 Å². The molecule has 158 valence electrons. The third-order valence-electron chi connectivity index (χ3n) is 6.68. The van der Waals surface area contributed by atoms with Crippen LogP contribution >= 0.6 is 0 Å². The van der Waals surface area contributed by atoms with Gasteiger partial charge in [0.2, 0.25) is 0 Å². The van der Waals surface area contributed by atoms with Gasteiger partial charge in [-0.2, -0.15) is 5.10 Å². The minimum absolute atomic E-state index is 0.0759. The summed E-state index contributed by atoms with van der Waals surface area (Å²) >= 11 is 0. The van der Waals surface area contributed by atoms with Crippen molar-refractivity contribution in [2.75, 3.05) is 19.7 Å². The highest BCUT2D eigenvalue weighted by molar-refractivity contribution is 5.67.